The molecule has 1 atom stereocenters. The van der Waals surface area contributed by atoms with Gasteiger partial charge in [-0.1, -0.05) is 37.1 Å². The zero-order chi connectivity index (χ0) is 21.6. The number of hydrogen-bond donors (Lipinski definition) is 2. The Balaban J connectivity index is 1.51. The summed E-state index contributed by atoms with van der Waals surface area (Å²) in [6, 6.07) is 6.41. The van der Waals surface area contributed by atoms with E-state index in [-0.39, 0.29) is 11.8 Å². The Kier molecular flexibility index (Phi) is 7.44. The quantitative estimate of drug-likeness (QED) is 0.449. The van der Waals surface area contributed by atoms with Gasteiger partial charge in [0.2, 0.25) is 5.91 Å². The summed E-state index contributed by atoms with van der Waals surface area (Å²) >= 11 is 0. The maximum Gasteiger partial charge on any atom is 0.325 e. The number of nitrogens with one attached hydrogen (secondary N) is 2. The molecule has 30 heavy (non-hydrogen) atoms. The first-order valence-electron chi connectivity index (χ1n) is 10.6. The number of imide groups is 1. The maximum atomic E-state index is 12.8. The molecule has 1 unspecified atom stereocenters. The first-order chi connectivity index (χ1) is 14.5. The number of carbonyl (C=O) groups is 3. The maximum absolute atomic E-state index is 12.8. The van der Waals surface area contributed by atoms with Crippen molar-refractivity contribution >= 4 is 17.8 Å². The summed E-state index contributed by atoms with van der Waals surface area (Å²) in [5, 5.41) is 5.65. The molecule has 1 aromatic carbocycles. The smallest absolute Gasteiger partial charge is 0.325 e. The third-order valence-electron chi connectivity index (χ3n) is 5.72. The van der Waals surface area contributed by atoms with E-state index in [4.69, 9.17) is 9.47 Å². The summed E-state index contributed by atoms with van der Waals surface area (Å²) < 4.78 is 10.8. The Morgan fingerprint density at radius 1 is 1.20 bits per heavy atom. The van der Waals surface area contributed by atoms with E-state index >= 15 is 0 Å². The van der Waals surface area contributed by atoms with E-state index in [9.17, 15) is 14.4 Å². The van der Waals surface area contributed by atoms with Gasteiger partial charge in [0.05, 0.1) is 19.8 Å². The van der Waals surface area contributed by atoms with Gasteiger partial charge in [-0.05, 0) is 37.8 Å². The first kappa shape index (κ1) is 22.2. The molecule has 8 nitrogen and oxygen atoms in total. The second-order valence-corrected chi connectivity index (χ2v) is 7.86. The Morgan fingerprint density at radius 3 is 2.63 bits per heavy atom. The number of ether oxygens (including phenoxy) is 2. The zero-order valence-electron chi connectivity index (χ0n) is 17.7. The van der Waals surface area contributed by atoms with Crippen LogP contribution in [-0.2, 0) is 32.2 Å². The lowest BCUT2D eigenvalue weighted by molar-refractivity contribution is -0.137. The Hall–Kier alpha value is -2.45. The van der Waals surface area contributed by atoms with E-state index < -0.39 is 17.6 Å². The zero-order valence-corrected chi connectivity index (χ0v) is 17.7. The van der Waals surface area contributed by atoms with Crippen LogP contribution in [0, 0.1) is 0 Å². The molecule has 1 saturated carbocycles. The summed E-state index contributed by atoms with van der Waals surface area (Å²) in [7, 11) is 0. The third-order valence-corrected chi connectivity index (χ3v) is 5.72. The SMILES string of the molecule is CCOCCOCc1cccc(CNC(=O)C(C)N2C(=O)NC3(CCCC3)C2=O)c1. The fourth-order valence-corrected chi connectivity index (χ4v) is 4.05. The van der Waals surface area contributed by atoms with Crippen molar-refractivity contribution in [3.63, 3.8) is 0 Å². The molecule has 164 valence electrons. The first-order valence-corrected chi connectivity index (χ1v) is 10.6. The van der Waals surface area contributed by atoms with Crippen molar-refractivity contribution in [1.82, 2.24) is 15.5 Å². The van der Waals surface area contributed by atoms with Crippen LogP contribution in [0.5, 0.6) is 0 Å². The molecule has 3 rings (SSSR count). The average Bonchev–Trinajstić information content (AvgIpc) is 3.30. The van der Waals surface area contributed by atoms with Crippen molar-refractivity contribution in [2.45, 2.75) is 64.3 Å². The molecule has 0 aromatic heterocycles. The lowest BCUT2D eigenvalue weighted by Gasteiger charge is -2.23. The molecule has 0 radical (unpaired) electrons. The molecular weight excluding hydrogens is 386 g/mol. The normalized spacial score (nSPS) is 18.7. The number of urea groups is 1. The van der Waals surface area contributed by atoms with E-state index in [2.05, 4.69) is 10.6 Å². The molecule has 1 spiro atoms. The highest BCUT2D eigenvalue weighted by molar-refractivity contribution is 6.09. The molecule has 1 heterocycles. The molecule has 2 aliphatic rings. The molecule has 4 amide bonds. The number of amides is 4. The summed E-state index contributed by atoms with van der Waals surface area (Å²) in [6.45, 7) is 6.07. The standard InChI is InChI=1S/C22H31N3O5/c1-3-29-11-12-30-15-18-8-6-7-17(13-18)14-23-19(26)16(2)25-20(27)22(24-21(25)28)9-4-5-10-22/h6-8,13,16H,3-5,9-12,14-15H2,1-2H3,(H,23,26)(H,24,28). The van der Waals surface area contributed by atoms with Crippen molar-refractivity contribution in [3.8, 4) is 0 Å². The second-order valence-electron chi connectivity index (χ2n) is 7.86. The number of benzene rings is 1. The van der Waals surface area contributed by atoms with Gasteiger partial charge in [0.25, 0.3) is 5.91 Å². The van der Waals surface area contributed by atoms with Crippen LogP contribution in [-0.4, -0.2) is 54.1 Å². The van der Waals surface area contributed by atoms with Gasteiger partial charge in [-0.15, -0.1) is 0 Å². The minimum Gasteiger partial charge on any atom is -0.379 e. The van der Waals surface area contributed by atoms with Gasteiger partial charge in [-0.3, -0.25) is 9.59 Å². The number of carbonyl (C=O) groups excluding carboxylic acids is 3. The number of rotatable bonds is 10. The highest BCUT2D eigenvalue weighted by Gasteiger charge is 2.54. The summed E-state index contributed by atoms with van der Waals surface area (Å²) in [5.74, 6) is -0.634. The average molecular weight is 418 g/mol. The molecule has 1 aliphatic carbocycles. The Labute approximate surface area is 177 Å². The number of hydrogen-bond acceptors (Lipinski definition) is 5. The molecule has 2 fully saturated rings. The van der Waals surface area contributed by atoms with Gasteiger partial charge in [-0.25, -0.2) is 9.69 Å². The summed E-state index contributed by atoms with van der Waals surface area (Å²) in [4.78, 5) is 38.9. The molecule has 1 aromatic rings. The molecule has 8 heteroatoms. The van der Waals surface area contributed by atoms with Crippen LogP contribution in [0.3, 0.4) is 0 Å². The molecule has 1 aliphatic heterocycles. The van der Waals surface area contributed by atoms with Crippen molar-refractivity contribution in [1.29, 1.82) is 0 Å². The van der Waals surface area contributed by atoms with Crippen molar-refractivity contribution in [2.75, 3.05) is 19.8 Å². The summed E-state index contributed by atoms with van der Waals surface area (Å²) in [5.41, 5.74) is 1.12. The van der Waals surface area contributed by atoms with Crippen LogP contribution in [0.25, 0.3) is 0 Å². The lowest BCUT2D eigenvalue weighted by atomic mass is 9.97. The van der Waals surface area contributed by atoms with Crippen LogP contribution >= 0.6 is 0 Å². The highest BCUT2D eigenvalue weighted by atomic mass is 16.5. The molecule has 1 saturated heterocycles. The van der Waals surface area contributed by atoms with Gasteiger partial charge >= 0.3 is 6.03 Å². The minimum atomic E-state index is -0.859. The van der Waals surface area contributed by atoms with Gasteiger partial charge in [0.15, 0.2) is 0 Å². The molecule has 0 bridgehead atoms. The topological polar surface area (TPSA) is 97.0 Å². The summed E-state index contributed by atoms with van der Waals surface area (Å²) in [6.07, 6.45) is 3.10. The van der Waals surface area contributed by atoms with Crippen molar-refractivity contribution in [3.05, 3.63) is 35.4 Å². The largest absolute Gasteiger partial charge is 0.379 e. The fraction of sp³-hybridized carbons (Fsp3) is 0.591. The highest BCUT2D eigenvalue weighted by Crippen LogP contribution is 2.35. The molecular formula is C22H31N3O5. The lowest BCUT2D eigenvalue weighted by Crippen LogP contribution is -2.49. The van der Waals surface area contributed by atoms with E-state index in [0.717, 1.165) is 28.9 Å². The minimum absolute atomic E-state index is 0.279. The predicted molar refractivity (Wildman–Crippen MR) is 110 cm³/mol. The fourth-order valence-electron chi connectivity index (χ4n) is 4.05. The Bertz CT molecular complexity index is 776. The van der Waals surface area contributed by atoms with Crippen LogP contribution in [0.2, 0.25) is 0 Å². The monoisotopic (exact) mass is 417 g/mol. The second kappa shape index (κ2) is 10.0. The van der Waals surface area contributed by atoms with Crippen molar-refractivity contribution < 1.29 is 23.9 Å². The van der Waals surface area contributed by atoms with Crippen LogP contribution in [0.15, 0.2) is 24.3 Å². The van der Waals surface area contributed by atoms with Gasteiger partial charge in [0.1, 0.15) is 11.6 Å². The Morgan fingerprint density at radius 2 is 1.90 bits per heavy atom. The van der Waals surface area contributed by atoms with E-state index in [1.165, 1.54) is 0 Å². The van der Waals surface area contributed by atoms with Crippen LogP contribution < -0.4 is 10.6 Å². The van der Waals surface area contributed by atoms with E-state index in [0.29, 0.717) is 45.8 Å². The van der Waals surface area contributed by atoms with Gasteiger partial charge in [-0.2, -0.15) is 0 Å². The van der Waals surface area contributed by atoms with E-state index in [1.54, 1.807) is 6.92 Å². The van der Waals surface area contributed by atoms with Gasteiger partial charge in [0, 0.05) is 13.2 Å². The molecule has 2 N–H and O–H groups in total. The van der Waals surface area contributed by atoms with E-state index in [1.807, 2.05) is 31.2 Å². The number of nitrogens with zero attached hydrogens (tertiary/aromatic N) is 1. The van der Waals surface area contributed by atoms with Gasteiger partial charge < -0.3 is 20.1 Å². The predicted octanol–water partition coefficient (Wildman–Crippen LogP) is 2.11. The van der Waals surface area contributed by atoms with Crippen LogP contribution in [0.1, 0.15) is 50.7 Å². The van der Waals surface area contributed by atoms with Crippen LogP contribution in [0.4, 0.5) is 4.79 Å². The van der Waals surface area contributed by atoms with Crippen molar-refractivity contribution in [2.24, 2.45) is 0 Å². The third kappa shape index (κ3) is 4.99.